The standard InChI is InChI=1S/C29H37ClO2/c1-28-13-4-3-8-22(28)10-11-24-25(28)12-14-29(2)26(24)19-21(27(29)31)17-20-7-5-9-23(18-20)32-16-6-15-30/h5,7,9-10,17-18,24-26H,3-4,6,8,11-16,19H2,1-2H3/t24-,25+,26+,28+,29+/m1/s1. The number of carbonyl (C=O) groups excluding carboxylic acids is 1. The third-order valence-electron chi connectivity index (χ3n) is 9.40. The molecule has 0 N–H and O–H groups in total. The van der Waals surface area contributed by atoms with Crippen molar-refractivity contribution < 1.29 is 9.53 Å². The predicted octanol–water partition coefficient (Wildman–Crippen LogP) is 7.61. The van der Waals surface area contributed by atoms with E-state index in [-0.39, 0.29) is 5.41 Å². The molecule has 2 nitrogen and oxygen atoms in total. The van der Waals surface area contributed by atoms with E-state index in [1.165, 1.54) is 38.5 Å². The van der Waals surface area contributed by atoms with Gasteiger partial charge in [0.15, 0.2) is 5.78 Å². The first-order valence-electron chi connectivity index (χ1n) is 12.7. The van der Waals surface area contributed by atoms with Gasteiger partial charge in [0.1, 0.15) is 5.75 Å². The fraction of sp³-hybridized carbons (Fsp3) is 0.621. The summed E-state index contributed by atoms with van der Waals surface area (Å²) in [4.78, 5) is 13.7. The van der Waals surface area contributed by atoms with Gasteiger partial charge in [-0.15, -0.1) is 11.6 Å². The molecule has 4 aliphatic rings. The Kier molecular flexibility index (Phi) is 6.03. The minimum absolute atomic E-state index is 0.183. The second-order valence-electron chi connectivity index (χ2n) is 11.1. The quantitative estimate of drug-likeness (QED) is 0.199. The molecule has 1 aromatic rings. The summed E-state index contributed by atoms with van der Waals surface area (Å²) in [7, 11) is 0. The minimum atomic E-state index is -0.183. The summed E-state index contributed by atoms with van der Waals surface area (Å²) in [6.07, 6.45) is 15.3. The highest BCUT2D eigenvalue weighted by molar-refractivity contribution is 6.17. The molecule has 1 aromatic carbocycles. The molecule has 0 spiro atoms. The molecule has 0 saturated heterocycles. The number of carbonyl (C=O) groups is 1. The summed E-state index contributed by atoms with van der Waals surface area (Å²) < 4.78 is 5.82. The second kappa shape index (κ2) is 8.67. The van der Waals surface area contributed by atoms with Crippen LogP contribution < -0.4 is 4.74 Å². The molecule has 3 fully saturated rings. The zero-order chi connectivity index (χ0) is 22.3. The average Bonchev–Trinajstić information content (AvgIpc) is 3.04. The first-order chi connectivity index (χ1) is 15.5. The summed E-state index contributed by atoms with van der Waals surface area (Å²) in [6, 6.07) is 8.14. The Morgan fingerprint density at radius 2 is 2.03 bits per heavy atom. The van der Waals surface area contributed by atoms with E-state index in [2.05, 4.69) is 38.1 Å². The monoisotopic (exact) mass is 452 g/mol. The van der Waals surface area contributed by atoms with E-state index in [0.717, 1.165) is 42.1 Å². The zero-order valence-corrected chi connectivity index (χ0v) is 20.4. The first kappa shape index (κ1) is 22.3. The fourth-order valence-corrected chi connectivity index (χ4v) is 7.75. The minimum Gasteiger partial charge on any atom is -0.494 e. The van der Waals surface area contributed by atoms with Gasteiger partial charge in [-0.05, 0) is 104 Å². The molecule has 5 rings (SSSR count). The molecular formula is C29H37ClO2. The molecule has 3 saturated carbocycles. The van der Waals surface area contributed by atoms with E-state index < -0.39 is 0 Å². The maximum absolute atomic E-state index is 13.7. The molecule has 0 amide bonds. The van der Waals surface area contributed by atoms with Crippen LogP contribution >= 0.6 is 11.6 Å². The normalized spacial score (nSPS) is 37.5. The number of rotatable bonds is 5. The number of hydrogen-bond acceptors (Lipinski definition) is 2. The molecule has 0 heterocycles. The van der Waals surface area contributed by atoms with Crippen molar-refractivity contribution in [2.45, 2.75) is 71.6 Å². The van der Waals surface area contributed by atoms with Crippen molar-refractivity contribution in [3.8, 4) is 5.75 Å². The molecule has 0 aliphatic heterocycles. The Bertz CT molecular complexity index is 946. The van der Waals surface area contributed by atoms with E-state index in [1.54, 1.807) is 5.57 Å². The lowest BCUT2D eigenvalue weighted by molar-refractivity contribution is -0.129. The van der Waals surface area contributed by atoms with Crippen LogP contribution in [0.15, 0.2) is 41.5 Å². The van der Waals surface area contributed by atoms with Gasteiger partial charge in [0.25, 0.3) is 0 Å². The lowest BCUT2D eigenvalue weighted by atomic mass is 9.48. The summed E-state index contributed by atoms with van der Waals surface area (Å²) >= 11 is 5.77. The molecule has 0 aromatic heterocycles. The van der Waals surface area contributed by atoms with Gasteiger partial charge in [-0.3, -0.25) is 4.79 Å². The summed E-state index contributed by atoms with van der Waals surface area (Å²) in [5.41, 5.74) is 4.03. The van der Waals surface area contributed by atoms with Crippen LogP contribution in [0, 0.1) is 28.6 Å². The van der Waals surface area contributed by atoms with Crippen LogP contribution in [0.5, 0.6) is 5.75 Å². The molecule has 32 heavy (non-hydrogen) atoms. The SMILES string of the molecule is C[C@]12CCCCC1=CC[C@@H]1[C@@H]2CC[C@]2(C)C(=O)C(=Cc3cccc(OCCCCl)c3)C[C@@H]12. The zero-order valence-electron chi connectivity index (χ0n) is 19.7. The van der Waals surface area contributed by atoms with Crippen LogP contribution in [-0.4, -0.2) is 18.3 Å². The maximum atomic E-state index is 13.7. The van der Waals surface area contributed by atoms with Crippen LogP contribution in [0.4, 0.5) is 0 Å². The Balaban J connectivity index is 1.40. The summed E-state index contributed by atoms with van der Waals surface area (Å²) in [5, 5.41) is 0. The van der Waals surface area contributed by atoms with Gasteiger partial charge in [-0.25, -0.2) is 0 Å². The molecule has 3 heteroatoms. The number of allylic oxidation sites excluding steroid dienone is 3. The number of ketones is 1. The van der Waals surface area contributed by atoms with Gasteiger partial charge < -0.3 is 4.74 Å². The van der Waals surface area contributed by atoms with E-state index in [0.29, 0.717) is 35.5 Å². The number of ether oxygens (including phenoxy) is 1. The lowest BCUT2D eigenvalue weighted by Crippen LogP contribution is -2.49. The molecule has 5 atom stereocenters. The highest BCUT2D eigenvalue weighted by Gasteiger charge is 2.59. The highest BCUT2D eigenvalue weighted by atomic mass is 35.5. The van der Waals surface area contributed by atoms with Crippen molar-refractivity contribution in [3.63, 3.8) is 0 Å². The van der Waals surface area contributed by atoms with Crippen LogP contribution in [-0.2, 0) is 4.79 Å². The molecule has 4 aliphatic carbocycles. The number of hydrogen-bond donors (Lipinski definition) is 0. The van der Waals surface area contributed by atoms with E-state index in [1.807, 2.05) is 12.1 Å². The highest BCUT2D eigenvalue weighted by Crippen LogP contribution is 2.64. The molecular weight excluding hydrogens is 416 g/mol. The van der Waals surface area contributed by atoms with Crippen molar-refractivity contribution in [1.82, 2.24) is 0 Å². The fourth-order valence-electron chi connectivity index (χ4n) is 7.64. The van der Waals surface area contributed by atoms with Crippen LogP contribution in [0.25, 0.3) is 6.08 Å². The smallest absolute Gasteiger partial charge is 0.165 e. The van der Waals surface area contributed by atoms with Crippen LogP contribution in [0.2, 0.25) is 0 Å². The molecule has 0 radical (unpaired) electrons. The van der Waals surface area contributed by atoms with Crippen molar-refractivity contribution in [2.24, 2.45) is 28.6 Å². The predicted molar refractivity (Wildman–Crippen MR) is 132 cm³/mol. The van der Waals surface area contributed by atoms with Crippen LogP contribution in [0.1, 0.15) is 77.2 Å². The Morgan fingerprint density at radius 1 is 1.16 bits per heavy atom. The topological polar surface area (TPSA) is 26.3 Å². The second-order valence-corrected chi connectivity index (χ2v) is 11.5. The first-order valence-corrected chi connectivity index (χ1v) is 13.2. The van der Waals surface area contributed by atoms with Gasteiger partial charge >= 0.3 is 0 Å². The van der Waals surface area contributed by atoms with E-state index in [4.69, 9.17) is 16.3 Å². The van der Waals surface area contributed by atoms with Gasteiger partial charge in [-0.2, -0.15) is 0 Å². The Labute approximate surface area is 198 Å². The number of halogens is 1. The van der Waals surface area contributed by atoms with Gasteiger partial charge in [0.05, 0.1) is 6.61 Å². The van der Waals surface area contributed by atoms with Crippen molar-refractivity contribution in [2.75, 3.05) is 12.5 Å². The molecule has 172 valence electrons. The number of alkyl halides is 1. The van der Waals surface area contributed by atoms with Gasteiger partial charge in [0, 0.05) is 11.3 Å². The van der Waals surface area contributed by atoms with Crippen molar-refractivity contribution in [1.29, 1.82) is 0 Å². The number of benzene rings is 1. The van der Waals surface area contributed by atoms with Gasteiger partial charge in [-0.1, -0.05) is 44.1 Å². The lowest BCUT2D eigenvalue weighted by Gasteiger charge is -2.56. The largest absolute Gasteiger partial charge is 0.494 e. The maximum Gasteiger partial charge on any atom is 0.165 e. The summed E-state index contributed by atoms with van der Waals surface area (Å²) in [5.74, 6) is 3.76. The molecule has 0 unspecified atom stereocenters. The Hall–Kier alpha value is -1.54. The third kappa shape index (κ3) is 3.67. The van der Waals surface area contributed by atoms with Crippen molar-refractivity contribution in [3.05, 3.63) is 47.1 Å². The number of Topliss-reactive ketones (excluding diaryl/α,β-unsaturated/α-hetero) is 1. The third-order valence-corrected chi connectivity index (χ3v) is 9.67. The van der Waals surface area contributed by atoms with Gasteiger partial charge in [0.2, 0.25) is 0 Å². The number of fused-ring (bicyclic) bond motifs is 5. The Morgan fingerprint density at radius 3 is 2.88 bits per heavy atom. The average molecular weight is 453 g/mol. The molecule has 0 bridgehead atoms. The summed E-state index contributed by atoms with van der Waals surface area (Å²) in [6.45, 7) is 5.44. The van der Waals surface area contributed by atoms with E-state index in [9.17, 15) is 4.79 Å². The van der Waals surface area contributed by atoms with Crippen molar-refractivity contribution >= 4 is 23.5 Å². The van der Waals surface area contributed by atoms with Crippen LogP contribution in [0.3, 0.4) is 0 Å². The van der Waals surface area contributed by atoms with E-state index >= 15 is 0 Å².